The molecule has 0 unspecified atom stereocenters. The van der Waals surface area contributed by atoms with E-state index in [2.05, 4.69) is 16.0 Å². The number of halogens is 3. The molecule has 0 saturated heterocycles. The van der Waals surface area contributed by atoms with E-state index >= 15 is 0 Å². The SMILES string of the molecule is O=C(NCCNC(=O)c1cccs1)c1ccc(NC(=O)c2ccc(C(F)(F)F)cc2)cc1. The lowest BCUT2D eigenvalue weighted by molar-refractivity contribution is -0.137. The third kappa shape index (κ3) is 6.17. The molecule has 3 N–H and O–H groups in total. The number of anilines is 1. The molecular weight excluding hydrogens is 443 g/mol. The van der Waals surface area contributed by atoms with Crippen LogP contribution in [0.2, 0.25) is 0 Å². The largest absolute Gasteiger partial charge is 0.416 e. The highest BCUT2D eigenvalue weighted by atomic mass is 32.1. The summed E-state index contributed by atoms with van der Waals surface area (Å²) in [7, 11) is 0. The molecule has 3 aromatic rings. The molecule has 10 heteroatoms. The Bertz CT molecular complexity index is 1080. The average Bonchev–Trinajstić information content (AvgIpc) is 3.31. The van der Waals surface area contributed by atoms with Gasteiger partial charge in [-0.15, -0.1) is 11.3 Å². The maximum absolute atomic E-state index is 12.6. The Hall–Kier alpha value is -3.66. The van der Waals surface area contributed by atoms with Gasteiger partial charge in [-0.05, 0) is 60.0 Å². The molecule has 6 nitrogen and oxygen atoms in total. The minimum absolute atomic E-state index is 0.0735. The van der Waals surface area contributed by atoms with Crippen LogP contribution in [0.25, 0.3) is 0 Å². The van der Waals surface area contributed by atoms with Gasteiger partial charge in [0.25, 0.3) is 17.7 Å². The minimum atomic E-state index is -4.47. The van der Waals surface area contributed by atoms with Crippen LogP contribution in [0.1, 0.15) is 36.0 Å². The minimum Gasteiger partial charge on any atom is -0.350 e. The second-order valence-corrected chi connectivity index (χ2v) is 7.54. The zero-order chi connectivity index (χ0) is 23.1. The zero-order valence-corrected chi connectivity index (χ0v) is 17.3. The van der Waals surface area contributed by atoms with Crippen molar-refractivity contribution < 1.29 is 27.6 Å². The highest BCUT2D eigenvalue weighted by Crippen LogP contribution is 2.29. The van der Waals surface area contributed by atoms with Crippen LogP contribution in [-0.2, 0) is 6.18 Å². The number of benzene rings is 2. The number of rotatable bonds is 7. The molecule has 0 saturated carbocycles. The Kier molecular flexibility index (Phi) is 7.26. The van der Waals surface area contributed by atoms with Crippen LogP contribution >= 0.6 is 11.3 Å². The van der Waals surface area contributed by atoms with Gasteiger partial charge in [-0.3, -0.25) is 14.4 Å². The van der Waals surface area contributed by atoms with Gasteiger partial charge in [0.05, 0.1) is 10.4 Å². The van der Waals surface area contributed by atoms with Crippen LogP contribution in [-0.4, -0.2) is 30.8 Å². The summed E-state index contributed by atoms with van der Waals surface area (Å²) in [6, 6.07) is 13.4. The van der Waals surface area contributed by atoms with Crippen LogP contribution in [0.4, 0.5) is 18.9 Å². The summed E-state index contributed by atoms with van der Waals surface area (Å²) < 4.78 is 37.8. The standard InChI is InChI=1S/C22H18F3N3O3S/c23-22(24,25)16-7-3-15(4-8-16)20(30)28-17-9-5-14(6-10-17)19(29)26-11-12-27-21(31)18-2-1-13-32-18/h1-10,13H,11-12H2,(H,26,29)(H,27,31)(H,28,30). The fraction of sp³-hybridized carbons (Fsp3) is 0.136. The highest BCUT2D eigenvalue weighted by Gasteiger charge is 2.30. The number of thiophene rings is 1. The molecule has 0 radical (unpaired) electrons. The van der Waals surface area contributed by atoms with E-state index in [0.29, 0.717) is 16.1 Å². The molecule has 0 atom stereocenters. The fourth-order valence-corrected chi connectivity index (χ4v) is 3.31. The van der Waals surface area contributed by atoms with E-state index in [0.717, 1.165) is 24.3 Å². The summed E-state index contributed by atoms with van der Waals surface area (Å²) in [6.07, 6.45) is -4.47. The molecule has 3 rings (SSSR count). The second kappa shape index (κ2) is 10.1. The van der Waals surface area contributed by atoms with Gasteiger partial charge < -0.3 is 16.0 Å². The van der Waals surface area contributed by atoms with E-state index in [9.17, 15) is 27.6 Å². The van der Waals surface area contributed by atoms with Crippen molar-refractivity contribution in [2.24, 2.45) is 0 Å². The average molecular weight is 461 g/mol. The van der Waals surface area contributed by atoms with Gasteiger partial charge in [0.1, 0.15) is 0 Å². The molecular formula is C22H18F3N3O3S. The summed E-state index contributed by atoms with van der Waals surface area (Å²) in [5.74, 6) is -1.13. The van der Waals surface area contributed by atoms with Crippen LogP contribution in [0.3, 0.4) is 0 Å². The Morgan fingerprint density at radius 1 is 0.750 bits per heavy atom. The fourth-order valence-electron chi connectivity index (χ4n) is 2.67. The number of hydrogen-bond donors (Lipinski definition) is 3. The first-order chi connectivity index (χ1) is 15.2. The molecule has 0 aliphatic carbocycles. The molecule has 0 aliphatic rings. The first-order valence-electron chi connectivity index (χ1n) is 9.42. The Labute approximate surface area is 185 Å². The molecule has 1 aromatic heterocycles. The molecule has 0 bridgehead atoms. The van der Waals surface area contributed by atoms with E-state index in [1.165, 1.54) is 35.6 Å². The number of alkyl halides is 3. The molecule has 166 valence electrons. The summed E-state index contributed by atoms with van der Waals surface area (Å²) in [5.41, 5.74) is -0.0308. The van der Waals surface area contributed by atoms with Crippen LogP contribution in [0, 0.1) is 0 Å². The number of hydrogen-bond acceptors (Lipinski definition) is 4. The summed E-state index contributed by atoms with van der Waals surface area (Å²) in [4.78, 5) is 36.8. The molecule has 3 amide bonds. The van der Waals surface area contributed by atoms with Gasteiger partial charge in [-0.2, -0.15) is 13.2 Å². The summed E-state index contributed by atoms with van der Waals surface area (Å²) in [5, 5.41) is 9.73. The van der Waals surface area contributed by atoms with Crippen LogP contribution < -0.4 is 16.0 Å². The van der Waals surface area contributed by atoms with Gasteiger partial charge in [0.2, 0.25) is 0 Å². The summed E-state index contributed by atoms with van der Waals surface area (Å²) in [6.45, 7) is 0.506. The van der Waals surface area contributed by atoms with Crippen LogP contribution in [0.15, 0.2) is 66.0 Å². The van der Waals surface area contributed by atoms with Crippen molar-refractivity contribution in [2.75, 3.05) is 18.4 Å². The molecule has 0 fully saturated rings. The number of carbonyl (C=O) groups excluding carboxylic acids is 3. The smallest absolute Gasteiger partial charge is 0.350 e. The van der Waals surface area contributed by atoms with E-state index in [4.69, 9.17) is 0 Å². The molecule has 2 aromatic carbocycles. The summed E-state index contributed by atoms with van der Waals surface area (Å²) >= 11 is 1.32. The van der Waals surface area contributed by atoms with E-state index in [1.54, 1.807) is 17.5 Å². The normalized spacial score (nSPS) is 11.0. The van der Waals surface area contributed by atoms with Crippen molar-refractivity contribution >= 4 is 34.7 Å². The zero-order valence-electron chi connectivity index (χ0n) is 16.5. The lowest BCUT2D eigenvalue weighted by Crippen LogP contribution is -2.34. The Balaban J connectivity index is 1.47. The van der Waals surface area contributed by atoms with Gasteiger partial charge in [-0.25, -0.2) is 0 Å². The topological polar surface area (TPSA) is 87.3 Å². The van der Waals surface area contributed by atoms with Crippen molar-refractivity contribution in [3.8, 4) is 0 Å². The molecule has 1 heterocycles. The van der Waals surface area contributed by atoms with E-state index in [-0.39, 0.29) is 30.5 Å². The first-order valence-corrected chi connectivity index (χ1v) is 10.3. The lowest BCUT2D eigenvalue weighted by Gasteiger charge is -2.09. The second-order valence-electron chi connectivity index (χ2n) is 6.60. The lowest BCUT2D eigenvalue weighted by atomic mass is 10.1. The highest BCUT2D eigenvalue weighted by molar-refractivity contribution is 7.12. The maximum atomic E-state index is 12.6. The Morgan fingerprint density at radius 3 is 1.88 bits per heavy atom. The third-order valence-electron chi connectivity index (χ3n) is 4.32. The van der Waals surface area contributed by atoms with Crippen molar-refractivity contribution in [3.05, 3.63) is 87.6 Å². The number of carbonyl (C=O) groups is 3. The van der Waals surface area contributed by atoms with Gasteiger partial charge >= 0.3 is 6.18 Å². The van der Waals surface area contributed by atoms with Crippen molar-refractivity contribution in [1.29, 1.82) is 0 Å². The maximum Gasteiger partial charge on any atom is 0.416 e. The van der Waals surface area contributed by atoms with Crippen molar-refractivity contribution in [1.82, 2.24) is 10.6 Å². The van der Waals surface area contributed by atoms with Crippen molar-refractivity contribution in [3.63, 3.8) is 0 Å². The number of amides is 3. The van der Waals surface area contributed by atoms with E-state index in [1.807, 2.05) is 0 Å². The third-order valence-corrected chi connectivity index (χ3v) is 5.19. The predicted molar refractivity (Wildman–Crippen MR) is 115 cm³/mol. The number of nitrogens with one attached hydrogen (secondary N) is 3. The monoisotopic (exact) mass is 461 g/mol. The predicted octanol–water partition coefficient (Wildman–Crippen LogP) is 4.18. The van der Waals surface area contributed by atoms with Crippen LogP contribution in [0.5, 0.6) is 0 Å². The first kappa shape index (κ1) is 23.0. The molecule has 32 heavy (non-hydrogen) atoms. The van der Waals surface area contributed by atoms with Crippen molar-refractivity contribution in [2.45, 2.75) is 6.18 Å². The van der Waals surface area contributed by atoms with Gasteiger partial charge in [0, 0.05) is 29.9 Å². The quantitative estimate of drug-likeness (QED) is 0.462. The van der Waals surface area contributed by atoms with E-state index < -0.39 is 17.6 Å². The van der Waals surface area contributed by atoms with Gasteiger partial charge in [-0.1, -0.05) is 6.07 Å². The molecule has 0 spiro atoms. The van der Waals surface area contributed by atoms with Gasteiger partial charge in [0.15, 0.2) is 0 Å². The Morgan fingerprint density at radius 2 is 1.31 bits per heavy atom. The molecule has 0 aliphatic heterocycles.